The fraction of sp³-hybridized carbons (Fsp3) is 0.673. The van der Waals surface area contributed by atoms with Gasteiger partial charge < -0.3 is 32.9 Å². The van der Waals surface area contributed by atoms with E-state index in [0.29, 0.717) is 36.9 Å². The highest BCUT2D eigenvalue weighted by Gasteiger charge is 2.56. The molecule has 322 valence electrons. The molecule has 7 nitrogen and oxygen atoms in total. The standard InChI is InChI=1S/C27H42NO3.C22H29BrO3.BrH/c1-6-28(4,7-2)12-13-31-27-17-20-14-22(18-27)25(23(15-20)19-27)26(29-5)21-10-9-11-24(16-21)30-8-3;1-3-25-19-6-4-5-16(11-19)21(24-2)20-17-9-15-10-18(20)14-22(12-15,13-17)26-8-7-23;/h9-11,16,20,22-23H,6-8,12-15,17-19H2,1-5H3;4-6,11,15,17-18H,3,7-10,12-14H2,1-2H3;1H/q+1;;. The molecule has 8 aliphatic rings. The summed E-state index contributed by atoms with van der Waals surface area (Å²) in [4.78, 5) is 0. The number of likely N-dealkylation sites (N-methyl/N-ethyl adjacent to an activating group) is 1. The molecule has 9 heteroatoms. The molecule has 2 aromatic carbocycles. The number of halogens is 2. The molecule has 4 atom stereocenters. The summed E-state index contributed by atoms with van der Waals surface area (Å²) < 4.78 is 37.7. The number of nitrogens with zero attached hydrogens (tertiary/aromatic N) is 1. The number of hydrogen-bond donors (Lipinski definition) is 0. The molecule has 0 aliphatic heterocycles. The maximum atomic E-state index is 6.76. The van der Waals surface area contributed by atoms with Crippen molar-refractivity contribution in [3.63, 3.8) is 0 Å². The lowest BCUT2D eigenvalue weighted by Crippen LogP contribution is -2.54. The van der Waals surface area contributed by atoms with Gasteiger partial charge in [-0.2, -0.15) is 0 Å². The van der Waals surface area contributed by atoms with Crippen LogP contribution in [-0.4, -0.2) is 88.3 Å². The van der Waals surface area contributed by atoms with Gasteiger partial charge in [-0.25, -0.2) is 0 Å². The number of methoxy groups -OCH3 is 2. The molecule has 4 unspecified atom stereocenters. The minimum Gasteiger partial charge on any atom is -0.496 e. The van der Waals surface area contributed by atoms with Gasteiger partial charge in [0.15, 0.2) is 0 Å². The van der Waals surface area contributed by atoms with Crippen molar-refractivity contribution in [3.05, 3.63) is 70.8 Å². The minimum atomic E-state index is 0. The number of rotatable bonds is 17. The van der Waals surface area contributed by atoms with Crippen LogP contribution < -0.4 is 9.47 Å². The maximum absolute atomic E-state index is 6.76. The maximum Gasteiger partial charge on any atom is 0.125 e. The first kappa shape index (κ1) is 45.5. The van der Waals surface area contributed by atoms with Gasteiger partial charge >= 0.3 is 0 Å². The zero-order valence-electron chi connectivity index (χ0n) is 36.5. The molecular formula is C49H72Br2NO6+. The highest BCUT2D eigenvalue weighted by molar-refractivity contribution is 9.09. The van der Waals surface area contributed by atoms with Crippen LogP contribution in [0.4, 0.5) is 0 Å². The van der Waals surface area contributed by atoms with Crippen molar-refractivity contribution in [2.75, 3.05) is 72.7 Å². The molecule has 0 N–H and O–H groups in total. The van der Waals surface area contributed by atoms with Gasteiger partial charge in [-0.15, -0.1) is 17.0 Å². The summed E-state index contributed by atoms with van der Waals surface area (Å²) in [6.45, 7) is 15.2. The largest absolute Gasteiger partial charge is 0.496 e. The Bertz CT molecular complexity index is 1700. The molecule has 8 aliphatic carbocycles. The summed E-state index contributed by atoms with van der Waals surface area (Å²) >= 11 is 3.52. The summed E-state index contributed by atoms with van der Waals surface area (Å²) in [5, 5.41) is 0.922. The smallest absolute Gasteiger partial charge is 0.125 e. The van der Waals surface area contributed by atoms with E-state index >= 15 is 0 Å². The van der Waals surface area contributed by atoms with E-state index in [1.54, 1.807) is 5.57 Å². The molecule has 2 aromatic rings. The Morgan fingerprint density at radius 3 is 1.41 bits per heavy atom. The second-order valence-electron chi connectivity index (χ2n) is 18.3. The minimum absolute atomic E-state index is 0. The van der Waals surface area contributed by atoms with Crippen LogP contribution in [0.2, 0.25) is 0 Å². The number of benzene rings is 2. The van der Waals surface area contributed by atoms with Crippen molar-refractivity contribution < 1.29 is 32.9 Å². The predicted octanol–water partition coefficient (Wildman–Crippen LogP) is 11.5. The molecular weight excluding hydrogens is 858 g/mol. The Balaban J connectivity index is 0.000000195. The van der Waals surface area contributed by atoms with Crippen molar-refractivity contribution in [2.45, 2.75) is 103 Å². The van der Waals surface area contributed by atoms with Crippen molar-refractivity contribution >= 4 is 44.4 Å². The van der Waals surface area contributed by atoms with E-state index in [-0.39, 0.29) is 28.2 Å². The van der Waals surface area contributed by atoms with E-state index in [9.17, 15) is 0 Å². The molecule has 10 rings (SSSR count). The molecule has 8 fully saturated rings. The summed E-state index contributed by atoms with van der Waals surface area (Å²) in [7, 11) is 6.00. The van der Waals surface area contributed by atoms with Crippen LogP contribution in [0.25, 0.3) is 11.5 Å². The monoisotopic (exact) mass is 928 g/mol. The number of allylic oxidation sites excluding steroid dienone is 2. The third-order valence-corrected chi connectivity index (χ3v) is 15.1. The van der Waals surface area contributed by atoms with Crippen LogP contribution >= 0.6 is 32.9 Å². The fourth-order valence-corrected chi connectivity index (χ4v) is 12.6. The summed E-state index contributed by atoms with van der Waals surface area (Å²) in [6, 6.07) is 16.8. The zero-order chi connectivity index (χ0) is 40.2. The highest BCUT2D eigenvalue weighted by atomic mass is 79.9. The molecule has 0 saturated heterocycles. The van der Waals surface area contributed by atoms with E-state index in [1.807, 2.05) is 40.2 Å². The number of alkyl halides is 1. The Labute approximate surface area is 369 Å². The van der Waals surface area contributed by atoms with Crippen LogP contribution in [0.1, 0.15) is 103 Å². The molecule has 58 heavy (non-hydrogen) atoms. The van der Waals surface area contributed by atoms with Gasteiger partial charge in [-0.3, -0.25) is 0 Å². The molecule has 0 amide bonds. The Kier molecular flexibility index (Phi) is 15.5. The second kappa shape index (κ2) is 19.8. The topological polar surface area (TPSA) is 55.4 Å². The normalized spacial score (nSPS) is 30.0. The van der Waals surface area contributed by atoms with Gasteiger partial charge in [0.05, 0.1) is 72.0 Å². The first-order valence-corrected chi connectivity index (χ1v) is 23.4. The van der Waals surface area contributed by atoms with Crippen LogP contribution in [0.15, 0.2) is 59.7 Å². The first-order chi connectivity index (χ1) is 27.6. The van der Waals surface area contributed by atoms with Crippen molar-refractivity contribution in [1.82, 2.24) is 0 Å². The molecule has 0 spiro atoms. The molecule has 0 heterocycles. The van der Waals surface area contributed by atoms with Gasteiger partial charge in [0.2, 0.25) is 0 Å². The predicted molar refractivity (Wildman–Crippen MR) is 244 cm³/mol. The number of ether oxygens (including phenoxy) is 6. The number of quaternary nitrogens is 1. The molecule has 8 saturated carbocycles. The highest BCUT2D eigenvalue weighted by Crippen LogP contribution is 2.62. The number of hydrogen-bond acceptors (Lipinski definition) is 6. The van der Waals surface area contributed by atoms with Gasteiger partial charge in [0.1, 0.15) is 29.6 Å². The fourth-order valence-electron chi connectivity index (χ4n) is 12.4. The van der Waals surface area contributed by atoms with E-state index in [4.69, 9.17) is 28.4 Å². The van der Waals surface area contributed by atoms with Crippen LogP contribution in [-0.2, 0) is 18.9 Å². The molecule has 8 bridgehead atoms. The Morgan fingerprint density at radius 2 is 1.05 bits per heavy atom. The van der Waals surface area contributed by atoms with E-state index in [2.05, 4.69) is 73.2 Å². The third kappa shape index (κ3) is 9.69. The third-order valence-electron chi connectivity index (χ3n) is 14.8. The zero-order valence-corrected chi connectivity index (χ0v) is 39.8. The van der Waals surface area contributed by atoms with E-state index < -0.39 is 0 Å². The average Bonchev–Trinajstić information content (AvgIpc) is 3.20. The lowest BCUT2D eigenvalue weighted by molar-refractivity contribution is -0.906. The van der Waals surface area contributed by atoms with Gasteiger partial charge in [-0.1, -0.05) is 40.2 Å². The van der Waals surface area contributed by atoms with Crippen molar-refractivity contribution in [2.24, 2.45) is 35.5 Å². The van der Waals surface area contributed by atoms with E-state index in [0.717, 1.165) is 101 Å². The summed E-state index contributed by atoms with van der Waals surface area (Å²) in [5.41, 5.74) is 5.60. The van der Waals surface area contributed by atoms with Crippen LogP contribution in [0.5, 0.6) is 11.5 Å². The van der Waals surface area contributed by atoms with Crippen LogP contribution in [0, 0.1) is 35.5 Å². The lowest BCUT2D eigenvalue weighted by Gasteiger charge is -2.57. The van der Waals surface area contributed by atoms with Gasteiger partial charge in [-0.05, 0) is 163 Å². The SMILES string of the molecule is Br.CCOc1cccc(C(OC)=C2C3CC4CC2CC(OCCBr)(C4)C3)c1.CCOc1cccc(C(OC)=C2C3CC4CC2CC(OCC[N+](C)(CC)CC)(C4)C3)c1. The molecule has 0 aromatic heterocycles. The molecule has 0 radical (unpaired) electrons. The first-order valence-electron chi connectivity index (χ1n) is 22.3. The second-order valence-corrected chi connectivity index (χ2v) is 19.1. The average molecular weight is 931 g/mol. The summed E-state index contributed by atoms with van der Waals surface area (Å²) in [6.07, 6.45) is 12.3. The van der Waals surface area contributed by atoms with Crippen molar-refractivity contribution in [3.8, 4) is 11.5 Å². The van der Waals surface area contributed by atoms with Crippen molar-refractivity contribution in [1.29, 1.82) is 0 Å². The van der Waals surface area contributed by atoms with Gasteiger partial charge in [0.25, 0.3) is 0 Å². The van der Waals surface area contributed by atoms with Crippen LogP contribution in [0.3, 0.4) is 0 Å². The Hall–Kier alpha value is -2.04. The lowest BCUT2D eigenvalue weighted by atomic mass is 9.52. The Morgan fingerprint density at radius 1 is 0.638 bits per heavy atom. The summed E-state index contributed by atoms with van der Waals surface area (Å²) in [5.74, 6) is 8.03. The van der Waals surface area contributed by atoms with Gasteiger partial charge in [0, 0.05) is 16.5 Å². The van der Waals surface area contributed by atoms with E-state index in [1.165, 1.54) is 57.2 Å². The quantitative estimate of drug-likeness (QED) is 0.0895.